The van der Waals surface area contributed by atoms with Crippen LogP contribution in [0.15, 0.2) is 0 Å². The number of carboxylic acids is 1. The number of rotatable bonds is 6. The summed E-state index contributed by atoms with van der Waals surface area (Å²) in [5.41, 5.74) is -1.02. The SMILES string of the molecule is CCOC(=O)NS(=O)(=O)NC1(CC(=O)O)CCCC1. The van der Waals surface area contributed by atoms with Crippen LogP contribution >= 0.6 is 0 Å². The van der Waals surface area contributed by atoms with Crippen LogP contribution in [0.5, 0.6) is 0 Å². The first-order chi connectivity index (χ1) is 8.79. The molecule has 9 heteroatoms. The van der Waals surface area contributed by atoms with Gasteiger partial charge in [0.2, 0.25) is 0 Å². The van der Waals surface area contributed by atoms with Crippen LogP contribution in [0.3, 0.4) is 0 Å². The van der Waals surface area contributed by atoms with E-state index in [0.29, 0.717) is 12.8 Å². The van der Waals surface area contributed by atoms with Crippen molar-refractivity contribution in [1.29, 1.82) is 0 Å². The second-order valence-electron chi connectivity index (χ2n) is 4.49. The first-order valence-corrected chi connectivity index (χ1v) is 7.47. The van der Waals surface area contributed by atoms with Crippen LogP contribution in [0.2, 0.25) is 0 Å². The number of carbonyl (C=O) groups excluding carboxylic acids is 1. The summed E-state index contributed by atoms with van der Waals surface area (Å²) in [5.74, 6) is -1.08. The van der Waals surface area contributed by atoms with Gasteiger partial charge in [0.1, 0.15) is 0 Å². The van der Waals surface area contributed by atoms with Gasteiger partial charge in [-0.25, -0.2) is 9.52 Å². The van der Waals surface area contributed by atoms with Gasteiger partial charge < -0.3 is 9.84 Å². The van der Waals surface area contributed by atoms with Crippen molar-refractivity contribution < 1.29 is 27.9 Å². The van der Waals surface area contributed by atoms with Crippen LogP contribution in [0.25, 0.3) is 0 Å². The molecule has 0 saturated heterocycles. The molecule has 1 aliphatic rings. The summed E-state index contributed by atoms with van der Waals surface area (Å²) in [6.07, 6.45) is 0.964. The summed E-state index contributed by atoms with van der Waals surface area (Å²) in [4.78, 5) is 21.9. The highest BCUT2D eigenvalue weighted by Crippen LogP contribution is 2.33. The Labute approximate surface area is 111 Å². The van der Waals surface area contributed by atoms with Crippen LogP contribution in [-0.4, -0.2) is 37.7 Å². The van der Waals surface area contributed by atoms with Crippen LogP contribution in [0, 0.1) is 0 Å². The van der Waals surface area contributed by atoms with E-state index in [2.05, 4.69) is 9.46 Å². The van der Waals surface area contributed by atoms with Crippen molar-refractivity contribution in [2.45, 2.75) is 44.6 Å². The Morgan fingerprint density at radius 2 is 1.89 bits per heavy atom. The summed E-state index contributed by atoms with van der Waals surface area (Å²) in [6, 6.07) is 0. The lowest BCUT2D eigenvalue weighted by molar-refractivity contribution is -0.138. The van der Waals surface area contributed by atoms with Gasteiger partial charge in [0.25, 0.3) is 0 Å². The van der Waals surface area contributed by atoms with E-state index in [1.54, 1.807) is 11.6 Å². The molecule has 1 amide bonds. The normalized spacial score (nSPS) is 17.9. The van der Waals surface area contributed by atoms with Crippen molar-refractivity contribution in [1.82, 2.24) is 9.44 Å². The minimum atomic E-state index is -4.13. The van der Waals surface area contributed by atoms with Crippen molar-refractivity contribution >= 4 is 22.3 Å². The molecule has 0 bridgehead atoms. The third-order valence-corrected chi connectivity index (χ3v) is 4.03. The Kier molecular flexibility index (Phi) is 5.12. The van der Waals surface area contributed by atoms with Crippen LogP contribution in [0.1, 0.15) is 39.0 Å². The lowest BCUT2D eigenvalue weighted by atomic mass is 9.95. The summed E-state index contributed by atoms with van der Waals surface area (Å²) in [5, 5.41) is 8.86. The number of carbonyl (C=O) groups is 2. The highest BCUT2D eigenvalue weighted by molar-refractivity contribution is 7.88. The highest BCUT2D eigenvalue weighted by atomic mass is 32.2. The fourth-order valence-electron chi connectivity index (χ4n) is 2.24. The van der Waals surface area contributed by atoms with Gasteiger partial charge in [-0.15, -0.1) is 0 Å². The number of ether oxygens (including phenoxy) is 1. The molecule has 110 valence electrons. The predicted molar refractivity (Wildman–Crippen MR) is 65.7 cm³/mol. The molecule has 0 spiro atoms. The molecule has 19 heavy (non-hydrogen) atoms. The van der Waals surface area contributed by atoms with Crippen molar-refractivity contribution in [2.24, 2.45) is 0 Å². The lowest BCUT2D eigenvalue weighted by Gasteiger charge is -2.27. The van der Waals surface area contributed by atoms with Gasteiger partial charge in [-0.05, 0) is 19.8 Å². The molecule has 3 N–H and O–H groups in total. The largest absolute Gasteiger partial charge is 0.481 e. The number of aliphatic carboxylic acids is 1. The third-order valence-electron chi connectivity index (χ3n) is 2.89. The Morgan fingerprint density at radius 1 is 1.32 bits per heavy atom. The van der Waals surface area contributed by atoms with E-state index in [1.807, 2.05) is 0 Å². The van der Waals surface area contributed by atoms with E-state index in [-0.39, 0.29) is 13.0 Å². The fourth-order valence-corrected chi connectivity index (χ4v) is 3.41. The van der Waals surface area contributed by atoms with Crippen molar-refractivity contribution in [3.63, 3.8) is 0 Å². The lowest BCUT2D eigenvalue weighted by Crippen LogP contribution is -2.53. The van der Waals surface area contributed by atoms with Gasteiger partial charge in [0.05, 0.1) is 13.0 Å². The molecule has 0 heterocycles. The van der Waals surface area contributed by atoms with E-state index >= 15 is 0 Å². The Hall–Kier alpha value is -1.35. The monoisotopic (exact) mass is 294 g/mol. The van der Waals surface area contributed by atoms with Gasteiger partial charge in [-0.3, -0.25) is 4.79 Å². The van der Waals surface area contributed by atoms with Crippen molar-refractivity contribution in [3.05, 3.63) is 0 Å². The zero-order chi connectivity index (χ0) is 14.5. The van der Waals surface area contributed by atoms with E-state index in [4.69, 9.17) is 5.11 Å². The fraction of sp³-hybridized carbons (Fsp3) is 0.800. The zero-order valence-electron chi connectivity index (χ0n) is 10.6. The van der Waals surface area contributed by atoms with Gasteiger partial charge in [-0.2, -0.15) is 13.1 Å². The van der Waals surface area contributed by atoms with E-state index in [9.17, 15) is 18.0 Å². The molecule has 0 aromatic heterocycles. The summed E-state index contributed by atoms with van der Waals surface area (Å²) in [6.45, 7) is 1.59. The zero-order valence-corrected chi connectivity index (χ0v) is 11.5. The van der Waals surface area contributed by atoms with Crippen LogP contribution in [-0.2, 0) is 19.7 Å². The Bertz CT molecular complexity index is 441. The second kappa shape index (κ2) is 6.20. The summed E-state index contributed by atoms with van der Waals surface area (Å²) < 4.78 is 31.9. The predicted octanol–water partition coefficient (Wildman–Crippen LogP) is 0.354. The molecular weight excluding hydrogens is 276 g/mol. The average molecular weight is 294 g/mol. The van der Waals surface area contributed by atoms with Gasteiger partial charge in [-0.1, -0.05) is 12.8 Å². The number of nitrogens with one attached hydrogen (secondary N) is 2. The molecule has 0 radical (unpaired) electrons. The molecule has 1 rings (SSSR count). The van der Waals surface area contributed by atoms with Crippen LogP contribution < -0.4 is 9.44 Å². The standard InChI is InChI=1S/C10H18N2O6S/c1-2-18-9(15)11-19(16,17)12-10(7-8(13)14)5-3-4-6-10/h12H,2-7H2,1H3,(H,11,15)(H,13,14). The topological polar surface area (TPSA) is 122 Å². The molecule has 1 fully saturated rings. The first kappa shape index (κ1) is 15.7. The van der Waals surface area contributed by atoms with Crippen molar-refractivity contribution in [2.75, 3.05) is 6.61 Å². The minimum absolute atomic E-state index is 0.0433. The van der Waals surface area contributed by atoms with Crippen LogP contribution in [0.4, 0.5) is 4.79 Å². The maximum atomic E-state index is 11.7. The number of hydrogen-bond acceptors (Lipinski definition) is 5. The molecule has 8 nitrogen and oxygen atoms in total. The number of amides is 1. The summed E-state index contributed by atoms with van der Waals surface area (Å²) in [7, 11) is -4.13. The second-order valence-corrected chi connectivity index (χ2v) is 5.90. The maximum absolute atomic E-state index is 11.7. The summed E-state index contributed by atoms with van der Waals surface area (Å²) >= 11 is 0. The molecule has 0 unspecified atom stereocenters. The number of hydrogen-bond donors (Lipinski definition) is 3. The van der Waals surface area contributed by atoms with E-state index in [1.165, 1.54) is 0 Å². The smallest absolute Gasteiger partial charge is 0.421 e. The highest BCUT2D eigenvalue weighted by Gasteiger charge is 2.40. The van der Waals surface area contributed by atoms with E-state index < -0.39 is 27.8 Å². The molecule has 1 aliphatic carbocycles. The minimum Gasteiger partial charge on any atom is -0.481 e. The quantitative estimate of drug-likeness (QED) is 0.650. The van der Waals surface area contributed by atoms with Gasteiger partial charge in [0, 0.05) is 5.54 Å². The maximum Gasteiger partial charge on any atom is 0.421 e. The van der Waals surface area contributed by atoms with Gasteiger partial charge in [0.15, 0.2) is 0 Å². The molecule has 0 aromatic carbocycles. The van der Waals surface area contributed by atoms with Gasteiger partial charge >= 0.3 is 22.3 Å². The Balaban J connectivity index is 2.73. The first-order valence-electron chi connectivity index (χ1n) is 5.99. The van der Waals surface area contributed by atoms with Crippen molar-refractivity contribution in [3.8, 4) is 0 Å². The average Bonchev–Trinajstić information content (AvgIpc) is 2.62. The Morgan fingerprint density at radius 3 is 2.37 bits per heavy atom. The molecular formula is C10H18N2O6S. The molecule has 0 atom stereocenters. The molecule has 0 aliphatic heterocycles. The van der Waals surface area contributed by atoms with E-state index in [0.717, 1.165) is 12.8 Å². The third kappa shape index (κ3) is 5.03. The number of carboxylic acid groups (broad SMARTS) is 1. The molecule has 1 saturated carbocycles. The molecule has 0 aromatic rings.